The summed E-state index contributed by atoms with van der Waals surface area (Å²) in [5.41, 5.74) is 0. The lowest BCUT2D eigenvalue weighted by Gasteiger charge is -2.36. The van der Waals surface area contributed by atoms with Gasteiger partial charge in [-0.05, 0) is 44.9 Å². The average Bonchev–Trinajstić information content (AvgIpc) is 2.73. The van der Waals surface area contributed by atoms with Gasteiger partial charge in [0, 0.05) is 27.9 Å². The molecule has 3 heteroatoms. The molecule has 2 heterocycles. The molecule has 1 unspecified atom stereocenters. The van der Waals surface area contributed by atoms with E-state index in [1.54, 1.807) is 0 Å². The number of ether oxygens (including phenoxy) is 1. The number of rotatable bonds is 2. The number of benzene rings is 2. The van der Waals surface area contributed by atoms with E-state index < -0.39 is 0 Å². The van der Waals surface area contributed by atoms with Gasteiger partial charge in [0.25, 0.3) is 0 Å². The first-order valence-electron chi connectivity index (χ1n) is 7.78. The second kappa shape index (κ2) is 5.19. The normalized spacial score (nSPS) is 29.0. The Labute approximate surface area is 130 Å². The zero-order valence-electron chi connectivity index (χ0n) is 12.3. The summed E-state index contributed by atoms with van der Waals surface area (Å²) in [5.74, 6) is 0.976. The maximum atomic E-state index is 6.37. The predicted molar refractivity (Wildman–Crippen MR) is 87.2 cm³/mol. The minimum Gasteiger partial charge on any atom is -0.490 e. The molecule has 3 atom stereocenters. The van der Waals surface area contributed by atoms with Crippen LogP contribution in [0.1, 0.15) is 25.7 Å². The number of hydrogen-bond acceptors (Lipinski definition) is 2. The Bertz CT molecular complexity index is 657. The number of nitrogens with zero attached hydrogens (tertiary/aromatic N) is 1. The third kappa shape index (κ3) is 2.31. The van der Waals surface area contributed by atoms with Crippen LogP contribution < -0.4 is 4.74 Å². The van der Waals surface area contributed by atoms with E-state index in [2.05, 4.69) is 24.1 Å². The summed E-state index contributed by atoms with van der Waals surface area (Å²) in [6.45, 7) is 0. The van der Waals surface area contributed by atoms with Crippen LogP contribution in [0, 0.1) is 0 Å². The Morgan fingerprint density at radius 3 is 2.38 bits per heavy atom. The smallest absolute Gasteiger partial charge is 0.127 e. The molecule has 2 bridgehead atoms. The third-order valence-electron chi connectivity index (χ3n) is 5.18. The van der Waals surface area contributed by atoms with E-state index in [1.165, 1.54) is 12.8 Å². The predicted octanol–water partition coefficient (Wildman–Crippen LogP) is 4.50. The fourth-order valence-corrected chi connectivity index (χ4v) is 4.20. The summed E-state index contributed by atoms with van der Waals surface area (Å²) in [4.78, 5) is 2.54. The largest absolute Gasteiger partial charge is 0.490 e. The molecule has 2 saturated heterocycles. The van der Waals surface area contributed by atoms with Gasteiger partial charge in [-0.25, -0.2) is 0 Å². The third-order valence-corrected chi connectivity index (χ3v) is 5.51. The van der Waals surface area contributed by atoms with Crippen molar-refractivity contribution in [3.05, 3.63) is 41.4 Å². The molecule has 2 nitrogen and oxygen atoms in total. The molecule has 0 aliphatic carbocycles. The molecule has 110 valence electrons. The second-order valence-electron chi connectivity index (χ2n) is 6.35. The lowest BCUT2D eigenvalue weighted by atomic mass is 10.0. The van der Waals surface area contributed by atoms with Crippen molar-refractivity contribution in [2.45, 2.75) is 43.9 Å². The van der Waals surface area contributed by atoms with Crippen molar-refractivity contribution in [3.8, 4) is 5.75 Å². The summed E-state index contributed by atoms with van der Waals surface area (Å²) in [6.07, 6.45) is 5.27. The maximum Gasteiger partial charge on any atom is 0.127 e. The van der Waals surface area contributed by atoms with E-state index in [-0.39, 0.29) is 0 Å². The lowest BCUT2D eigenvalue weighted by molar-refractivity contribution is 0.0671. The molecule has 0 radical (unpaired) electrons. The van der Waals surface area contributed by atoms with E-state index in [0.717, 1.165) is 34.4 Å². The highest BCUT2D eigenvalue weighted by Gasteiger charge is 2.39. The molecular weight excluding hydrogens is 282 g/mol. The van der Waals surface area contributed by atoms with Crippen LogP contribution in [-0.2, 0) is 0 Å². The number of halogens is 1. The molecule has 2 aromatic carbocycles. The molecule has 0 spiro atoms. The van der Waals surface area contributed by atoms with Crippen LogP contribution in [0.25, 0.3) is 10.8 Å². The van der Waals surface area contributed by atoms with E-state index in [1.807, 2.05) is 24.3 Å². The van der Waals surface area contributed by atoms with Crippen LogP contribution in [0.5, 0.6) is 5.75 Å². The topological polar surface area (TPSA) is 12.5 Å². The summed E-state index contributed by atoms with van der Waals surface area (Å²) >= 11 is 6.28. The van der Waals surface area contributed by atoms with Gasteiger partial charge in [0.2, 0.25) is 0 Å². The van der Waals surface area contributed by atoms with Crippen molar-refractivity contribution in [2.75, 3.05) is 7.05 Å². The van der Waals surface area contributed by atoms with Gasteiger partial charge in [0.15, 0.2) is 0 Å². The molecule has 0 N–H and O–H groups in total. The zero-order chi connectivity index (χ0) is 14.4. The van der Waals surface area contributed by atoms with Gasteiger partial charge < -0.3 is 9.64 Å². The van der Waals surface area contributed by atoms with E-state index in [9.17, 15) is 0 Å². The monoisotopic (exact) mass is 301 g/mol. The maximum absolute atomic E-state index is 6.37. The Balaban J connectivity index is 1.62. The highest BCUT2D eigenvalue weighted by atomic mass is 35.5. The summed E-state index contributed by atoms with van der Waals surface area (Å²) < 4.78 is 6.37. The standard InChI is InChI=1S/C18H20ClNO/c1-20-12-6-7-13(20)11-14(10-12)21-18-9-8-17(19)15-4-2-3-5-16(15)18/h2-5,8-9,12-14H,6-7,10-11H2,1H3/t12-,13+,14?. The van der Waals surface area contributed by atoms with E-state index in [0.29, 0.717) is 18.2 Å². The van der Waals surface area contributed by atoms with Gasteiger partial charge in [0.05, 0.1) is 0 Å². The number of hydrogen-bond donors (Lipinski definition) is 0. The van der Waals surface area contributed by atoms with Crippen LogP contribution in [0.15, 0.2) is 36.4 Å². The summed E-state index contributed by atoms with van der Waals surface area (Å²) in [5, 5.41) is 2.99. The molecule has 2 aliphatic heterocycles. The Kier molecular flexibility index (Phi) is 3.31. The SMILES string of the molecule is CN1[C@@H]2CC[C@H]1CC(Oc1ccc(Cl)c3ccccc13)C2. The highest BCUT2D eigenvalue weighted by molar-refractivity contribution is 6.35. The highest BCUT2D eigenvalue weighted by Crippen LogP contribution is 2.38. The fourth-order valence-electron chi connectivity index (χ4n) is 3.97. The summed E-state index contributed by atoms with van der Waals surface area (Å²) in [6, 6.07) is 13.6. The first kappa shape index (κ1) is 13.4. The molecule has 2 aromatic rings. The first-order valence-corrected chi connectivity index (χ1v) is 8.16. The minimum atomic E-state index is 0.336. The molecule has 2 aliphatic rings. The molecule has 4 rings (SSSR count). The molecule has 0 saturated carbocycles. The summed E-state index contributed by atoms with van der Waals surface area (Å²) in [7, 11) is 2.26. The van der Waals surface area contributed by atoms with E-state index in [4.69, 9.17) is 16.3 Å². The zero-order valence-corrected chi connectivity index (χ0v) is 13.0. The lowest BCUT2D eigenvalue weighted by Crippen LogP contribution is -2.43. The number of fused-ring (bicyclic) bond motifs is 3. The molecule has 21 heavy (non-hydrogen) atoms. The van der Waals surface area contributed by atoms with Gasteiger partial charge in [-0.15, -0.1) is 0 Å². The minimum absolute atomic E-state index is 0.336. The molecule has 0 aromatic heterocycles. The quantitative estimate of drug-likeness (QED) is 0.810. The number of piperidine rings is 1. The van der Waals surface area contributed by atoms with Crippen LogP contribution >= 0.6 is 11.6 Å². The van der Waals surface area contributed by atoms with Crippen molar-refractivity contribution in [2.24, 2.45) is 0 Å². The van der Waals surface area contributed by atoms with Crippen molar-refractivity contribution in [1.82, 2.24) is 4.90 Å². The first-order chi connectivity index (χ1) is 10.2. The van der Waals surface area contributed by atoms with Gasteiger partial charge in [0.1, 0.15) is 11.9 Å². The molecule has 0 amide bonds. The Morgan fingerprint density at radius 1 is 1.00 bits per heavy atom. The van der Waals surface area contributed by atoms with Crippen molar-refractivity contribution in [3.63, 3.8) is 0 Å². The Hall–Kier alpha value is -1.25. The second-order valence-corrected chi connectivity index (χ2v) is 6.76. The van der Waals surface area contributed by atoms with Crippen molar-refractivity contribution in [1.29, 1.82) is 0 Å². The fraction of sp³-hybridized carbons (Fsp3) is 0.444. The van der Waals surface area contributed by atoms with Crippen molar-refractivity contribution >= 4 is 22.4 Å². The average molecular weight is 302 g/mol. The van der Waals surface area contributed by atoms with Gasteiger partial charge in [-0.1, -0.05) is 35.9 Å². The van der Waals surface area contributed by atoms with E-state index >= 15 is 0 Å². The molecular formula is C18H20ClNO. The van der Waals surface area contributed by atoms with Gasteiger partial charge in [-0.3, -0.25) is 0 Å². The van der Waals surface area contributed by atoms with Crippen molar-refractivity contribution < 1.29 is 4.74 Å². The van der Waals surface area contributed by atoms with Crippen LogP contribution in [0.4, 0.5) is 0 Å². The molecule has 2 fully saturated rings. The van der Waals surface area contributed by atoms with Crippen LogP contribution in [0.2, 0.25) is 5.02 Å². The van der Waals surface area contributed by atoms with Crippen LogP contribution in [0.3, 0.4) is 0 Å². The van der Waals surface area contributed by atoms with Gasteiger partial charge in [-0.2, -0.15) is 0 Å². The van der Waals surface area contributed by atoms with Gasteiger partial charge >= 0.3 is 0 Å². The Morgan fingerprint density at radius 2 is 1.67 bits per heavy atom. The van der Waals surface area contributed by atoms with Crippen LogP contribution in [-0.4, -0.2) is 30.1 Å².